The van der Waals surface area contributed by atoms with E-state index in [1.165, 1.54) is 7.11 Å². The van der Waals surface area contributed by atoms with E-state index < -0.39 is 0 Å². The molecule has 1 atom stereocenters. The highest BCUT2D eigenvalue weighted by Gasteiger charge is 2.24. The normalized spacial score (nSPS) is 19.6. The molecule has 2 heterocycles. The van der Waals surface area contributed by atoms with Crippen molar-refractivity contribution in [3.63, 3.8) is 0 Å². The van der Waals surface area contributed by atoms with E-state index in [-0.39, 0.29) is 11.9 Å². The largest absolute Gasteiger partial charge is 0.480 e. The van der Waals surface area contributed by atoms with Crippen LogP contribution in [0.1, 0.15) is 17.3 Å². The molecule has 0 bridgehead atoms. The molecule has 1 amide bonds. The number of rotatable bonds is 5. The molecule has 1 aromatic heterocycles. The Labute approximate surface area is 148 Å². The highest BCUT2D eigenvalue weighted by Crippen LogP contribution is 2.27. The number of anilines is 1. The summed E-state index contributed by atoms with van der Waals surface area (Å²) < 4.78 is 5.10. The molecular formula is C16H26ClN5O2. The minimum Gasteiger partial charge on any atom is -0.480 e. The summed E-state index contributed by atoms with van der Waals surface area (Å²) in [6, 6.07) is 1.64. The van der Waals surface area contributed by atoms with E-state index in [4.69, 9.17) is 16.3 Å². The molecule has 2 rings (SSSR count). The summed E-state index contributed by atoms with van der Waals surface area (Å²) in [5, 5.41) is 6.35. The van der Waals surface area contributed by atoms with Gasteiger partial charge in [-0.15, -0.1) is 0 Å². The number of amides is 1. The van der Waals surface area contributed by atoms with Gasteiger partial charge in [-0.2, -0.15) is 4.98 Å². The second kappa shape index (κ2) is 8.50. The van der Waals surface area contributed by atoms with Gasteiger partial charge in [0, 0.05) is 33.2 Å². The van der Waals surface area contributed by atoms with Crippen LogP contribution in [0.15, 0.2) is 6.07 Å². The summed E-state index contributed by atoms with van der Waals surface area (Å²) in [5.74, 6) is 0.555. The van der Waals surface area contributed by atoms with Gasteiger partial charge in [0.2, 0.25) is 5.88 Å². The van der Waals surface area contributed by atoms with Crippen molar-refractivity contribution in [3.8, 4) is 5.88 Å². The van der Waals surface area contributed by atoms with Crippen LogP contribution >= 0.6 is 11.6 Å². The topological polar surface area (TPSA) is 69.7 Å². The van der Waals surface area contributed by atoms with Crippen LogP contribution in [0.4, 0.5) is 5.82 Å². The molecule has 0 unspecified atom stereocenters. The Balaban J connectivity index is 2.17. The molecule has 0 aliphatic carbocycles. The van der Waals surface area contributed by atoms with Crippen LogP contribution < -0.4 is 15.4 Å². The van der Waals surface area contributed by atoms with E-state index in [0.29, 0.717) is 22.3 Å². The second-order valence-electron chi connectivity index (χ2n) is 5.95. The Bertz CT molecular complexity index is 584. The monoisotopic (exact) mass is 355 g/mol. The van der Waals surface area contributed by atoms with Crippen LogP contribution in [0.3, 0.4) is 0 Å². The van der Waals surface area contributed by atoms with Crippen molar-refractivity contribution in [3.05, 3.63) is 16.7 Å². The third-order valence-corrected chi connectivity index (χ3v) is 4.48. The molecule has 1 saturated heterocycles. The van der Waals surface area contributed by atoms with Crippen LogP contribution in [-0.4, -0.2) is 80.7 Å². The van der Waals surface area contributed by atoms with E-state index >= 15 is 0 Å². The van der Waals surface area contributed by atoms with Gasteiger partial charge in [-0.05, 0) is 19.7 Å². The molecule has 2 N–H and O–H groups in total. The number of carbonyl (C=O) groups excluding carboxylic acids is 1. The van der Waals surface area contributed by atoms with Gasteiger partial charge in [0.25, 0.3) is 5.91 Å². The van der Waals surface area contributed by atoms with Crippen molar-refractivity contribution >= 4 is 23.3 Å². The Morgan fingerprint density at radius 2 is 2.21 bits per heavy atom. The average molecular weight is 356 g/mol. The molecule has 1 fully saturated rings. The quantitative estimate of drug-likeness (QED) is 0.825. The molecule has 24 heavy (non-hydrogen) atoms. The zero-order chi connectivity index (χ0) is 17.7. The van der Waals surface area contributed by atoms with Crippen LogP contribution in [0.25, 0.3) is 0 Å². The first-order valence-electron chi connectivity index (χ1n) is 8.12. The lowest BCUT2D eigenvalue weighted by atomic mass is 10.2. The van der Waals surface area contributed by atoms with Gasteiger partial charge >= 0.3 is 0 Å². The minimum absolute atomic E-state index is 0.0514. The summed E-state index contributed by atoms with van der Waals surface area (Å²) >= 11 is 6.13. The molecule has 1 aliphatic heterocycles. The fourth-order valence-electron chi connectivity index (χ4n) is 2.86. The molecule has 0 spiro atoms. The van der Waals surface area contributed by atoms with Gasteiger partial charge in [0.1, 0.15) is 10.8 Å². The Hall–Kier alpha value is -1.57. The van der Waals surface area contributed by atoms with Gasteiger partial charge in [-0.3, -0.25) is 4.79 Å². The lowest BCUT2D eigenvalue weighted by molar-refractivity contribution is 0.0925. The highest BCUT2D eigenvalue weighted by atomic mass is 35.5. The summed E-state index contributed by atoms with van der Waals surface area (Å²) in [7, 11) is 5.28. The Morgan fingerprint density at radius 1 is 1.46 bits per heavy atom. The van der Waals surface area contributed by atoms with Gasteiger partial charge in [0.15, 0.2) is 0 Å². The van der Waals surface area contributed by atoms with Crippen LogP contribution in [0.5, 0.6) is 5.88 Å². The molecule has 0 aromatic carbocycles. The number of hydrogen-bond acceptors (Lipinski definition) is 6. The van der Waals surface area contributed by atoms with Crippen molar-refractivity contribution in [2.24, 2.45) is 0 Å². The zero-order valence-corrected chi connectivity index (χ0v) is 15.5. The minimum atomic E-state index is -0.187. The molecule has 7 nitrogen and oxygen atoms in total. The van der Waals surface area contributed by atoms with Crippen molar-refractivity contribution in [1.29, 1.82) is 0 Å². The second-order valence-corrected chi connectivity index (χ2v) is 6.36. The first-order chi connectivity index (χ1) is 11.5. The third-order valence-electron chi connectivity index (χ3n) is 4.21. The van der Waals surface area contributed by atoms with Crippen LogP contribution in [0.2, 0.25) is 5.02 Å². The number of nitrogens with zero attached hydrogens (tertiary/aromatic N) is 3. The fraction of sp³-hybridized carbons (Fsp3) is 0.625. The molecule has 0 saturated carbocycles. The van der Waals surface area contributed by atoms with Gasteiger partial charge in [0.05, 0.1) is 18.7 Å². The third kappa shape index (κ3) is 4.49. The predicted molar refractivity (Wildman–Crippen MR) is 96.2 cm³/mol. The number of hydrogen-bond donors (Lipinski definition) is 2. The standard InChI is InChI=1S/C16H26ClN5O2/c1-5-22-7-6-21(3)9-11(10-22)19-15(23)12-8-13(17)16(24-4)20-14(12)18-2/h8,11H,5-7,9-10H2,1-4H3,(H,18,20)(H,19,23)/t11-/m1/s1. The number of ether oxygens (including phenoxy) is 1. The molecule has 0 radical (unpaired) electrons. The summed E-state index contributed by atoms with van der Waals surface area (Å²) in [5.41, 5.74) is 0.415. The van der Waals surface area contributed by atoms with E-state index in [9.17, 15) is 4.79 Å². The predicted octanol–water partition coefficient (Wildman–Crippen LogP) is 1.15. The van der Waals surface area contributed by atoms with Gasteiger partial charge in [-0.1, -0.05) is 18.5 Å². The number of pyridine rings is 1. The van der Waals surface area contributed by atoms with Crippen LogP contribution in [0, 0.1) is 0 Å². The SMILES string of the molecule is CCN1CCN(C)C[C@@H](NC(=O)c2cc(Cl)c(OC)nc2NC)C1. The van der Waals surface area contributed by atoms with Gasteiger partial charge < -0.3 is 25.2 Å². The number of aromatic nitrogens is 1. The zero-order valence-electron chi connectivity index (χ0n) is 14.7. The number of nitrogens with one attached hydrogen (secondary N) is 2. The van der Waals surface area contributed by atoms with E-state index in [2.05, 4.69) is 39.4 Å². The first-order valence-corrected chi connectivity index (χ1v) is 8.50. The molecule has 134 valence electrons. The number of likely N-dealkylation sites (N-methyl/N-ethyl adjacent to an activating group) is 2. The van der Waals surface area contributed by atoms with Crippen LogP contribution in [-0.2, 0) is 0 Å². The first kappa shape index (κ1) is 18.8. The molecule has 1 aromatic rings. The number of methoxy groups -OCH3 is 1. The molecular weight excluding hydrogens is 330 g/mol. The average Bonchev–Trinajstić information content (AvgIpc) is 2.75. The Kier molecular flexibility index (Phi) is 6.65. The maximum Gasteiger partial charge on any atom is 0.255 e. The molecule has 1 aliphatic rings. The van der Waals surface area contributed by atoms with E-state index in [1.54, 1.807) is 13.1 Å². The molecule has 8 heteroatoms. The Morgan fingerprint density at radius 3 is 2.83 bits per heavy atom. The van der Waals surface area contributed by atoms with Crippen molar-refractivity contribution in [1.82, 2.24) is 20.1 Å². The fourth-order valence-corrected chi connectivity index (χ4v) is 3.09. The van der Waals surface area contributed by atoms with Crippen molar-refractivity contribution < 1.29 is 9.53 Å². The van der Waals surface area contributed by atoms with E-state index in [0.717, 1.165) is 32.7 Å². The maximum absolute atomic E-state index is 12.7. The highest BCUT2D eigenvalue weighted by molar-refractivity contribution is 6.32. The number of halogens is 1. The van der Waals surface area contributed by atoms with E-state index in [1.807, 2.05) is 0 Å². The number of carbonyl (C=O) groups is 1. The van der Waals surface area contributed by atoms with Crippen molar-refractivity contribution in [2.45, 2.75) is 13.0 Å². The van der Waals surface area contributed by atoms with Crippen molar-refractivity contribution in [2.75, 3.05) is 59.2 Å². The van der Waals surface area contributed by atoms with Gasteiger partial charge in [-0.25, -0.2) is 0 Å². The summed E-state index contributed by atoms with van der Waals surface area (Å²) in [6.07, 6.45) is 0. The lowest BCUT2D eigenvalue weighted by Gasteiger charge is -2.24. The smallest absolute Gasteiger partial charge is 0.255 e. The lowest BCUT2D eigenvalue weighted by Crippen LogP contribution is -2.46. The summed E-state index contributed by atoms with van der Waals surface area (Å²) in [6.45, 7) is 6.76. The maximum atomic E-state index is 12.7. The summed E-state index contributed by atoms with van der Waals surface area (Å²) in [4.78, 5) is 21.5.